The van der Waals surface area contributed by atoms with Gasteiger partial charge in [-0.2, -0.15) is 0 Å². The topological polar surface area (TPSA) is 56.2 Å². The molecule has 18 heavy (non-hydrogen) atoms. The zero-order valence-corrected chi connectivity index (χ0v) is 14.9. The third-order valence-corrected chi connectivity index (χ3v) is 8.19. The molecule has 0 spiro atoms. The highest BCUT2D eigenvalue weighted by Crippen LogP contribution is 2.44. The van der Waals surface area contributed by atoms with E-state index in [1.807, 2.05) is 6.92 Å². The quantitative estimate of drug-likeness (QED) is 0.361. The van der Waals surface area contributed by atoms with Crippen LogP contribution in [0.5, 0.6) is 0 Å². The molecule has 1 unspecified atom stereocenters. The van der Waals surface area contributed by atoms with Crippen LogP contribution in [0, 0.1) is 5.41 Å². The van der Waals surface area contributed by atoms with Gasteiger partial charge in [0.2, 0.25) is 5.91 Å². The van der Waals surface area contributed by atoms with Gasteiger partial charge >= 0.3 is 0 Å². The maximum absolute atomic E-state index is 12.2. The van der Waals surface area contributed by atoms with Crippen LogP contribution in [0.1, 0.15) is 6.92 Å². The molecule has 0 aliphatic carbocycles. The number of guanidine groups is 1. The van der Waals surface area contributed by atoms with Gasteiger partial charge in [-0.25, -0.2) is 0 Å². The zero-order chi connectivity index (χ0) is 13.7. The molecular formula is C10H14BBrIN3OS. The van der Waals surface area contributed by atoms with Gasteiger partial charge in [0.1, 0.15) is 11.8 Å². The van der Waals surface area contributed by atoms with E-state index >= 15 is 0 Å². The summed E-state index contributed by atoms with van der Waals surface area (Å²) in [5, 5.41) is 11.1. The lowest BCUT2D eigenvalue weighted by atomic mass is 9.84. The maximum Gasteiger partial charge on any atom is 0.244 e. The molecule has 2 rings (SSSR count). The molecule has 2 aliphatic rings. The Balaban J connectivity index is 2.42. The normalized spacial score (nSPS) is 37.2. The molecule has 1 amide bonds. The van der Waals surface area contributed by atoms with E-state index in [0.29, 0.717) is 4.83 Å². The van der Waals surface area contributed by atoms with Crippen molar-refractivity contribution in [3.8, 4) is 0 Å². The summed E-state index contributed by atoms with van der Waals surface area (Å²) in [6.07, 6.45) is 0. The van der Waals surface area contributed by atoms with Crippen LogP contribution in [0.25, 0.3) is 0 Å². The van der Waals surface area contributed by atoms with Gasteiger partial charge in [-0.3, -0.25) is 15.1 Å². The van der Waals surface area contributed by atoms with E-state index < -0.39 is 5.54 Å². The van der Waals surface area contributed by atoms with Gasteiger partial charge < -0.3 is 5.32 Å². The summed E-state index contributed by atoms with van der Waals surface area (Å²) in [6.45, 7) is 2.01. The summed E-state index contributed by atoms with van der Waals surface area (Å²) >= 11 is 7.59. The molecule has 4 nitrogen and oxygen atoms in total. The summed E-state index contributed by atoms with van der Waals surface area (Å²) in [7, 11) is 3.73. The molecule has 1 fully saturated rings. The number of nitrogens with zero attached hydrogens (tertiary/aromatic N) is 1. The van der Waals surface area contributed by atoms with E-state index in [4.69, 9.17) is 5.41 Å². The lowest BCUT2D eigenvalue weighted by Gasteiger charge is -2.44. The number of nitrogens with one attached hydrogen (secondary N) is 2. The van der Waals surface area contributed by atoms with Gasteiger partial charge in [0.25, 0.3) is 0 Å². The van der Waals surface area contributed by atoms with Crippen LogP contribution in [-0.4, -0.2) is 51.7 Å². The molecule has 3 atom stereocenters. The summed E-state index contributed by atoms with van der Waals surface area (Å²) < 4.78 is -0.204. The Labute approximate surface area is 134 Å². The Bertz CT molecular complexity index is 460. The van der Waals surface area contributed by atoms with Gasteiger partial charge in [-0.05, 0) is 6.92 Å². The van der Waals surface area contributed by atoms with E-state index in [1.165, 1.54) is 15.3 Å². The first-order valence-electron chi connectivity index (χ1n) is 5.55. The molecule has 0 aromatic heterocycles. The standard InChI is InChI=1S/C10H14BBrIN3OS/c1-10(7-5(11)4(12)3-18-7)6(13)8(17)16(2)9(14)15-10/h4,6H,3,11H2,1-2H3,(H2,14,15)/t4?,6-,10-/m0/s1. The molecule has 0 radical (unpaired) electrons. The van der Waals surface area contributed by atoms with Crippen molar-refractivity contribution in [3.05, 3.63) is 10.4 Å². The molecule has 0 aromatic rings. The van der Waals surface area contributed by atoms with Crippen LogP contribution in [0.3, 0.4) is 0 Å². The maximum atomic E-state index is 12.2. The number of hydrogen-bond donors (Lipinski definition) is 2. The zero-order valence-electron chi connectivity index (χ0n) is 10.4. The average Bonchev–Trinajstić information content (AvgIpc) is 2.65. The Morgan fingerprint density at radius 2 is 2.33 bits per heavy atom. The SMILES string of the molecule is BC1=C([C@@]2(C)NC(=N)N(C)C(=O)[C@@H]2I)SCC1Br. The van der Waals surface area contributed by atoms with Crippen molar-refractivity contribution in [2.24, 2.45) is 0 Å². The summed E-state index contributed by atoms with van der Waals surface area (Å²) in [4.78, 5) is 15.1. The molecule has 1 saturated heterocycles. The minimum Gasteiger partial charge on any atom is -0.345 e. The minimum atomic E-state index is -0.474. The fourth-order valence-electron chi connectivity index (χ4n) is 2.19. The van der Waals surface area contributed by atoms with E-state index in [-0.39, 0.29) is 15.8 Å². The van der Waals surface area contributed by atoms with Crippen molar-refractivity contribution in [3.63, 3.8) is 0 Å². The number of allylic oxidation sites excluding steroid dienone is 1. The minimum absolute atomic E-state index is 0.0132. The first-order valence-corrected chi connectivity index (χ1v) is 8.70. The van der Waals surface area contributed by atoms with E-state index in [9.17, 15) is 4.79 Å². The number of rotatable bonds is 1. The Hall–Kier alpha value is 0.305. The van der Waals surface area contributed by atoms with Crippen LogP contribution < -0.4 is 5.32 Å². The van der Waals surface area contributed by atoms with Crippen LogP contribution in [0.2, 0.25) is 0 Å². The molecule has 0 aromatic carbocycles. The number of halogens is 2. The van der Waals surface area contributed by atoms with E-state index in [0.717, 1.165) is 5.75 Å². The number of hydrogen-bond acceptors (Lipinski definition) is 3. The third-order valence-electron chi connectivity index (χ3n) is 3.44. The fourth-order valence-corrected chi connectivity index (χ4v) is 5.46. The second-order valence-electron chi connectivity index (χ2n) is 4.73. The number of alkyl halides is 2. The second-order valence-corrected chi connectivity index (χ2v) is 8.11. The predicted molar refractivity (Wildman–Crippen MR) is 90.6 cm³/mol. The van der Waals surface area contributed by atoms with Crippen molar-refractivity contribution in [1.29, 1.82) is 5.41 Å². The molecule has 0 saturated carbocycles. The van der Waals surface area contributed by atoms with Gasteiger partial charge in [0, 0.05) is 22.5 Å². The van der Waals surface area contributed by atoms with Crippen LogP contribution >= 0.6 is 50.3 Å². The first-order chi connectivity index (χ1) is 8.29. The molecule has 8 heteroatoms. The van der Waals surface area contributed by atoms with Crippen molar-refractivity contribution >= 4 is 70.0 Å². The highest BCUT2D eigenvalue weighted by molar-refractivity contribution is 14.1. The number of thioether (sulfide) groups is 1. The Morgan fingerprint density at radius 3 is 2.83 bits per heavy atom. The van der Waals surface area contributed by atoms with E-state index in [2.05, 4.69) is 51.7 Å². The predicted octanol–water partition coefficient (Wildman–Crippen LogP) is 0.900. The molecule has 0 bridgehead atoms. The van der Waals surface area contributed by atoms with Crippen molar-refractivity contribution in [2.45, 2.75) is 21.2 Å². The molecule has 2 aliphatic heterocycles. The lowest BCUT2D eigenvalue weighted by molar-refractivity contribution is -0.127. The Kier molecular flexibility index (Phi) is 4.09. The van der Waals surface area contributed by atoms with Crippen LogP contribution in [-0.2, 0) is 4.79 Å². The highest BCUT2D eigenvalue weighted by atomic mass is 127. The number of carbonyl (C=O) groups is 1. The number of amides is 1. The largest absolute Gasteiger partial charge is 0.345 e. The lowest BCUT2D eigenvalue weighted by Crippen LogP contribution is -2.66. The molecule has 2 heterocycles. The Morgan fingerprint density at radius 1 is 1.72 bits per heavy atom. The molecule has 98 valence electrons. The summed E-state index contributed by atoms with van der Waals surface area (Å²) in [6, 6.07) is 0. The van der Waals surface area contributed by atoms with Crippen LogP contribution in [0.15, 0.2) is 10.4 Å². The second kappa shape index (κ2) is 5.01. The van der Waals surface area contributed by atoms with E-state index in [1.54, 1.807) is 18.8 Å². The average molecular weight is 442 g/mol. The van der Waals surface area contributed by atoms with Gasteiger partial charge in [-0.1, -0.05) is 44.0 Å². The van der Waals surface area contributed by atoms with Crippen molar-refractivity contribution in [2.75, 3.05) is 12.8 Å². The van der Waals surface area contributed by atoms with Crippen LogP contribution in [0.4, 0.5) is 0 Å². The monoisotopic (exact) mass is 441 g/mol. The highest BCUT2D eigenvalue weighted by Gasteiger charge is 2.49. The van der Waals surface area contributed by atoms with Gasteiger partial charge in [-0.15, -0.1) is 11.8 Å². The van der Waals surface area contributed by atoms with Crippen molar-refractivity contribution in [1.82, 2.24) is 10.2 Å². The smallest absolute Gasteiger partial charge is 0.244 e. The number of carbonyl (C=O) groups excluding carboxylic acids is 1. The first kappa shape index (κ1) is 14.7. The summed E-state index contributed by atoms with van der Waals surface area (Å²) in [5.74, 6) is 1.15. The van der Waals surface area contributed by atoms with Crippen molar-refractivity contribution < 1.29 is 4.79 Å². The van der Waals surface area contributed by atoms with Gasteiger partial charge in [0.05, 0.1) is 5.54 Å². The summed E-state index contributed by atoms with van der Waals surface area (Å²) in [5.41, 5.74) is 0.792. The fraction of sp³-hybridized carbons (Fsp3) is 0.600. The molecule has 2 N–H and O–H groups in total. The third kappa shape index (κ3) is 2.13. The molecular weight excluding hydrogens is 428 g/mol. The van der Waals surface area contributed by atoms with Gasteiger partial charge in [0.15, 0.2) is 5.96 Å².